The van der Waals surface area contributed by atoms with Crippen molar-refractivity contribution in [3.05, 3.63) is 65.2 Å². The lowest BCUT2D eigenvalue weighted by molar-refractivity contribution is -0.127. The standard InChI is InChI=1S/C10H13N.C9H17NO.C9H11NO.2C7H13NO.2C7H13N.C6H11NO.C5H12N2.C5H11NO.C5H10O.C4H8O2.C4H8O/c1-2-4-10-6-8-11-7-5-9(10)3-1;1-5-10-6-2-9(1)3-7-11-8-4-9;1-2-4-9-8(3-1)7-10-5-6-11-9;1-3-9-4-2-7(1)5-8-6-7;1-3-8-4-2-7(1)5-9-6-7;1-2-7-3-6(1)4-8-5-7;1-2-7(1)3-5-8-6-4-7;1-2-6-4-8-3-5(1)7-6;1-2-6-4-5-7-3-1;1-2-6-3-5-7-4-1;1-2-4-6-5-3-1;1-2-6-4-3-5-1;1-2-4-5-3-1/h1-4,11H,5-8H2;10H,1-8H2;1-4,10H,5-7H2;2*8H,1-6H2;6-8H,1-5H2;8H,1-6H2;5-7H,1-4H2;6-7H,1-5H2;6H,1-5H2;1-5H2;1-4H2;1-4H2. The molecular formula is C85H153N11O10. The Labute approximate surface area is 642 Å². The Bertz CT molecular complexity index is 2140. The lowest BCUT2D eigenvalue weighted by Gasteiger charge is -2.45. The summed E-state index contributed by atoms with van der Waals surface area (Å²) in [7, 11) is 0. The van der Waals surface area contributed by atoms with Gasteiger partial charge < -0.3 is 106 Å². The molecular weight excluding hydrogens is 1340 g/mol. The van der Waals surface area contributed by atoms with Gasteiger partial charge in [-0.2, -0.15) is 0 Å². The van der Waals surface area contributed by atoms with Gasteiger partial charge in [-0.05, 0) is 297 Å². The number of hydrogen-bond donors (Lipinski definition) is 11. The van der Waals surface area contributed by atoms with Crippen LogP contribution in [0, 0.1) is 33.5 Å². The molecule has 2 aliphatic carbocycles. The third-order valence-electron chi connectivity index (χ3n) is 24.3. The van der Waals surface area contributed by atoms with Crippen LogP contribution in [0.4, 0.5) is 0 Å². The molecule has 2 aromatic carbocycles. The molecule has 11 N–H and O–H groups in total. The van der Waals surface area contributed by atoms with Crippen LogP contribution in [0.15, 0.2) is 48.5 Å². The lowest BCUT2D eigenvalue weighted by atomic mass is 9.73. The van der Waals surface area contributed by atoms with Crippen molar-refractivity contribution in [3.8, 4) is 5.75 Å². The molecule has 608 valence electrons. The third-order valence-corrected chi connectivity index (χ3v) is 24.3. The second-order valence-electron chi connectivity index (χ2n) is 32.9. The van der Waals surface area contributed by atoms with Crippen molar-refractivity contribution in [2.24, 2.45) is 33.5 Å². The first-order valence-electron chi connectivity index (χ1n) is 43.3. The van der Waals surface area contributed by atoms with Gasteiger partial charge in [-0.1, -0.05) is 42.5 Å². The van der Waals surface area contributed by atoms with Crippen LogP contribution in [0.1, 0.15) is 171 Å². The highest BCUT2D eigenvalue weighted by Gasteiger charge is 2.43. The lowest BCUT2D eigenvalue weighted by Crippen LogP contribution is -2.55. The first kappa shape index (κ1) is 87.4. The van der Waals surface area contributed by atoms with Crippen molar-refractivity contribution in [2.45, 2.75) is 186 Å². The molecule has 21 rings (SSSR count). The number of rotatable bonds is 0. The highest BCUT2D eigenvalue weighted by Crippen LogP contribution is 2.52. The molecule has 2 aromatic rings. The minimum atomic E-state index is 0.616. The molecule has 4 spiro atoms. The molecule has 2 saturated carbocycles. The molecule has 0 aromatic heterocycles. The molecule has 0 radical (unpaired) electrons. The van der Waals surface area contributed by atoms with Gasteiger partial charge in [0.15, 0.2) is 0 Å². The van der Waals surface area contributed by atoms with Crippen LogP contribution in [0.25, 0.3) is 0 Å². The molecule has 4 unspecified atom stereocenters. The summed E-state index contributed by atoms with van der Waals surface area (Å²) in [4.78, 5) is 0. The van der Waals surface area contributed by atoms with Crippen molar-refractivity contribution < 1.29 is 47.4 Å². The third kappa shape index (κ3) is 36.5. The number of piperidine rings is 4. The molecule has 106 heavy (non-hydrogen) atoms. The largest absolute Gasteiger partial charge is 0.492 e. The van der Waals surface area contributed by atoms with E-state index in [1.54, 1.807) is 0 Å². The van der Waals surface area contributed by atoms with Gasteiger partial charge in [0, 0.05) is 128 Å². The zero-order chi connectivity index (χ0) is 73.1. The zero-order valence-electron chi connectivity index (χ0n) is 66.5. The highest BCUT2D eigenvalue weighted by molar-refractivity contribution is 5.33. The summed E-state index contributed by atoms with van der Waals surface area (Å²) in [5.41, 5.74) is 7.12. The van der Waals surface area contributed by atoms with E-state index in [0.717, 1.165) is 201 Å². The molecule has 17 aliphatic heterocycles. The number of nitrogens with one attached hydrogen (secondary N) is 11. The average Bonchev–Trinajstić information content (AvgIpc) is 1.59. The Balaban J connectivity index is 0.000000134. The summed E-state index contributed by atoms with van der Waals surface area (Å²) in [6, 6.07) is 18.3. The molecule has 21 nitrogen and oxygen atoms in total. The molecule has 17 heterocycles. The van der Waals surface area contributed by atoms with Gasteiger partial charge in [0.2, 0.25) is 0 Å². The van der Waals surface area contributed by atoms with Gasteiger partial charge in [0.1, 0.15) is 12.4 Å². The highest BCUT2D eigenvalue weighted by atomic mass is 16.6. The molecule has 4 bridgehead atoms. The zero-order valence-corrected chi connectivity index (χ0v) is 66.5. The fraction of sp³-hybridized carbons (Fsp3) is 0.859. The molecule has 15 saturated heterocycles. The molecule has 17 fully saturated rings. The Kier molecular flexibility index (Phi) is 44.7. The van der Waals surface area contributed by atoms with E-state index < -0.39 is 0 Å². The second kappa shape index (κ2) is 54.2. The Morgan fingerprint density at radius 3 is 1.17 bits per heavy atom. The van der Waals surface area contributed by atoms with Crippen LogP contribution in [-0.4, -0.2) is 262 Å². The summed E-state index contributed by atoms with van der Waals surface area (Å²) in [6.45, 7) is 41.0. The minimum Gasteiger partial charge on any atom is -0.492 e. The van der Waals surface area contributed by atoms with E-state index in [4.69, 9.17) is 47.4 Å². The van der Waals surface area contributed by atoms with E-state index in [-0.39, 0.29) is 0 Å². The summed E-state index contributed by atoms with van der Waals surface area (Å²) in [6.07, 6.45) is 35.0. The van der Waals surface area contributed by atoms with Crippen molar-refractivity contribution in [1.29, 1.82) is 0 Å². The number of hydrogen-bond acceptors (Lipinski definition) is 21. The van der Waals surface area contributed by atoms with Gasteiger partial charge in [-0.15, -0.1) is 0 Å². The van der Waals surface area contributed by atoms with Crippen molar-refractivity contribution in [1.82, 2.24) is 58.5 Å². The minimum absolute atomic E-state index is 0.616. The number of morpholine rings is 1. The van der Waals surface area contributed by atoms with Crippen LogP contribution in [0.5, 0.6) is 5.75 Å². The van der Waals surface area contributed by atoms with Crippen LogP contribution < -0.4 is 63.2 Å². The normalized spacial score (nSPS) is 28.4. The Morgan fingerprint density at radius 2 is 0.717 bits per heavy atom. The van der Waals surface area contributed by atoms with Crippen molar-refractivity contribution >= 4 is 0 Å². The van der Waals surface area contributed by atoms with Gasteiger partial charge in [0.25, 0.3) is 0 Å². The monoisotopic (exact) mass is 1490 g/mol. The van der Waals surface area contributed by atoms with Gasteiger partial charge >= 0.3 is 0 Å². The number of fused-ring (bicyclic) bond motifs is 6. The van der Waals surface area contributed by atoms with E-state index in [0.29, 0.717) is 28.3 Å². The molecule has 19 aliphatic rings. The van der Waals surface area contributed by atoms with E-state index >= 15 is 0 Å². The predicted molar refractivity (Wildman–Crippen MR) is 429 cm³/mol. The molecule has 0 amide bonds. The smallest absolute Gasteiger partial charge is 0.123 e. The van der Waals surface area contributed by atoms with Gasteiger partial charge in [-0.3, -0.25) is 0 Å². The van der Waals surface area contributed by atoms with Gasteiger partial charge in [0.05, 0.1) is 59.5 Å². The number of benzene rings is 2. The quantitative estimate of drug-likeness (QED) is 0.119. The number of ether oxygens (including phenoxy) is 10. The maximum Gasteiger partial charge on any atom is 0.123 e. The van der Waals surface area contributed by atoms with Crippen LogP contribution >= 0.6 is 0 Å². The summed E-state index contributed by atoms with van der Waals surface area (Å²) >= 11 is 0. The van der Waals surface area contributed by atoms with Crippen LogP contribution in [0.2, 0.25) is 0 Å². The maximum absolute atomic E-state index is 5.49. The van der Waals surface area contributed by atoms with E-state index in [1.807, 2.05) is 18.2 Å². The summed E-state index contributed by atoms with van der Waals surface area (Å²) in [5, 5.41) is 36.8. The summed E-state index contributed by atoms with van der Waals surface area (Å²) in [5.74, 6) is 3.12. The van der Waals surface area contributed by atoms with Crippen molar-refractivity contribution in [2.75, 3.05) is 250 Å². The predicted octanol–water partition coefficient (Wildman–Crippen LogP) is 8.36. The SMILES string of the molecule is C1CC2(CCN1)CC2.C1CC2(CCN1)CCOCC2.C1CC2(CCN1)COC2.C1CC2(CCO1)CNC2.C1CC2CNCC1C2.C1CC2COCC1N2.C1CCOC1.C1CCOCC1.C1CNCCNC1.C1CNCCOC1.C1COCCO1.c1ccc2c(c1)CCNCC2.c1ccc2c(c1)CNCCO2. The first-order valence-corrected chi connectivity index (χ1v) is 43.3. The number of para-hydroxylation sites is 1. The maximum atomic E-state index is 5.49. The molecule has 4 atom stereocenters. The summed E-state index contributed by atoms with van der Waals surface area (Å²) < 4.78 is 51.7. The van der Waals surface area contributed by atoms with E-state index in [1.165, 1.54) is 262 Å². The fourth-order valence-electron chi connectivity index (χ4n) is 16.7. The Morgan fingerprint density at radius 1 is 0.283 bits per heavy atom. The van der Waals surface area contributed by atoms with E-state index in [9.17, 15) is 0 Å². The van der Waals surface area contributed by atoms with Crippen molar-refractivity contribution in [3.63, 3.8) is 0 Å². The Hall–Kier alpha value is -2.56. The topological polar surface area (TPSA) is 225 Å². The second-order valence-corrected chi connectivity index (χ2v) is 32.9. The van der Waals surface area contributed by atoms with Crippen LogP contribution in [-0.2, 0) is 62.0 Å². The van der Waals surface area contributed by atoms with E-state index in [2.05, 4.69) is 88.8 Å². The first-order chi connectivity index (χ1) is 52.5. The average molecular weight is 1490 g/mol. The fourth-order valence-corrected chi connectivity index (χ4v) is 16.7. The van der Waals surface area contributed by atoms with Crippen LogP contribution in [0.3, 0.4) is 0 Å². The van der Waals surface area contributed by atoms with Gasteiger partial charge in [-0.25, -0.2) is 0 Å². The molecule has 21 heteroatoms.